The summed E-state index contributed by atoms with van der Waals surface area (Å²) in [4.78, 5) is 4.59. The molecule has 0 radical (unpaired) electrons. The number of benzene rings is 2. The molecule has 0 bridgehead atoms. The maximum absolute atomic E-state index is 4.59. The molecule has 8 rings (SSSR count). The van der Waals surface area contributed by atoms with Gasteiger partial charge in [0, 0.05) is 29.6 Å². The molecule has 0 fully saturated rings. The van der Waals surface area contributed by atoms with Gasteiger partial charge in [-0.1, -0.05) is 130 Å². The molecule has 0 amide bonds. The van der Waals surface area contributed by atoms with Gasteiger partial charge < -0.3 is 0 Å². The van der Waals surface area contributed by atoms with Crippen molar-refractivity contribution in [1.82, 2.24) is 4.98 Å². The van der Waals surface area contributed by atoms with Crippen LogP contribution in [0, 0.1) is 23.2 Å². The minimum Gasteiger partial charge on any atom is -0.261 e. The fourth-order valence-electron chi connectivity index (χ4n) is 8.25. The summed E-state index contributed by atoms with van der Waals surface area (Å²) >= 11 is 0. The fourth-order valence-corrected chi connectivity index (χ4v) is 8.25. The number of hydrogen-bond donors (Lipinski definition) is 0. The summed E-state index contributed by atoms with van der Waals surface area (Å²) in [5.41, 5.74) is 12.9. The Morgan fingerprint density at radius 1 is 0.739 bits per heavy atom. The van der Waals surface area contributed by atoms with Crippen LogP contribution < -0.4 is 10.4 Å². The van der Waals surface area contributed by atoms with Gasteiger partial charge >= 0.3 is 0 Å². The van der Waals surface area contributed by atoms with Crippen molar-refractivity contribution in [3.63, 3.8) is 0 Å². The zero-order valence-electron chi connectivity index (χ0n) is 27.3. The highest BCUT2D eigenvalue weighted by atomic mass is 14.7. The summed E-state index contributed by atoms with van der Waals surface area (Å²) in [6.45, 7) is 7.13. The first kappa shape index (κ1) is 28.9. The van der Waals surface area contributed by atoms with E-state index in [9.17, 15) is 0 Å². The summed E-state index contributed by atoms with van der Waals surface area (Å²) in [7, 11) is 0. The van der Waals surface area contributed by atoms with E-state index in [1.165, 1.54) is 55.0 Å². The van der Waals surface area contributed by atoms with Gasteiger partial charge in [-0.15, -0.1) is 0 Å². The molecule has 1 heterocycles. The van der Waals surface area contributed by atoms with Gasteiger partial charge in [0.15, 0.2) is 0 Å². The third-order valence-corrected chi connectivity index (χ3v) is 10.8. The normalized spacial score (nSPS) is 24.9. The number of allylic oxidation sites excluding steroid dienone is 13. The maximum Gasteiger partial charge on any atom is 0.0475 e. The topological polar surface area (TPSA) is 12.9 Å². The third-order valence-electron chi connectivity index (χ3n) is 10.8. The summed E-state index contributed by atoms with van der Waals surface area (Å²) in [5, 5.41) is 2.85. The van der Waals surface area contributed by atoms with Crippen LogP contribution in [-0.4, -0.2) is 4.98 Å². The van der Waals surface area contributed by atoms with E-state index in [4.69, 9.17) is 0 Å². The van der Waals surface area contributed by atoms with Crippen molar-refractivity contribution in [3.8, 4) is 0 Å². The van der Waals surface area contributed by atoms with Gasteiger partial charge in [0.25, 0.3) is 0 Å². The van der Waals surface area contributed by atoms with Crippen LogP contribution in [0.4, 0.5) is 0 Å². The smallest absolute Gasteiger partial charge is 0.0475 e. The van der Waals surface area contributed by atoms with E-state index < -0.39 is 0 Å². The van der Waals surface area contributed by atoms with Crippen LogP contribution in [0.5, 0.6) is 0 Å². The quantitative estimate of drug-likeness (QED) is 0.292. The molecule has 46 heavy (non-hydrogen) atoms. The van der Waals surface area contributed by atoms with E-state index in [1.54, 1.807) is 0 Å². The first-order valence-electron chi connectivity index (χ1n) is 17.1. The highest BCUT2D eigenvalue weighted by Crippen LogP contribution is 2.46. The third kappa shape index (κ3) is 5.26. The molecule has 0 spiro atoms. The number of aryl methyl sites for hydroxylation is 1. The van der Waals surface area contributed by atoms with Gasteiger partial charge in [-0.2, -0.15) is 0 Å². The van der Waals surface area contributed by atoms with Crippen LogP contribution in [0.25, 0.3) is 22.8 Å². The second kappa shape index (κ2) is 11.7. The second-order valence-corrected chi connectivity index (χ2v) is 14.6. The number of aromatic nitrogens is 1. The monoisotopic (exact) mass is 597 g/mol. The Labute approximate surface area is 274 Å². The zero-order chi connectivity index (χ0) is 31.3. The first-order valence-corrected chi connectivity index (χ1v) is 17.1. The zero-order valence-corrected chi connectivity index (χ0v) is 27.3. The lowest BCUT2D eigenvalue weighted by Crippen LogP contribution is -2.41. The van der Waals surface area contributed by atoms with Crippen LogP contribution in [-0.2, 0) is 6.42 Å². The Morgan fingerprint density at radius 3 is 2.20 bits per heavy atom. The lowest BCUT2D eigenvalue weighted by Gasteiger charge is -2.38. The highest BCUT2D eigenvalue weighted by molar-refractivity contribution is 5.86. The molecule has 0 saturated carbocycles. The van der Waals surface area contributed by atoms with Crippen molar-refractivity contribution in [1.29, 1.82) is 0 Å². The number of pyridine rings is 1. The van der Waals surface area contributed by atoms with Crippen LogP contribution in [0.2, 0.25) is 0 Å². The molecule has 3 aromatic rings. The average molecular weight is 598 g/mol. The van der Waals surface area contributed by atoms with Gasteiger partial charge in [-0.25, -0.2) is 0 Å². The minimum atomic E-state index is 0.243. The second-order valence-electron chi connectivity index (χ2n) is 14.6. The SMILES string of the molecule is CC(C)(C)C1C=CC=C(C2=c3ccccc3=C(C3=Cc4cc(C5=CCC(c6ccccn6)C=C5)ccc4CC3)C3C=CC=CC23)C1. The Morgan fingerprint density at radius 2 is 1.50 bits per heavy atom. The predicted molar refractivity (Wildman–Crippen MR) is 194 cm³/mol. The van der Waals surface area contributed by atoms with Crippen LogP contribution >= 0.6 is 0 Å². The molecule has 0 aliphatic heterocycles. The molecule has 4 unspecified atom stereocenters. The molecule has 5 aliphatic rings. The molecule has 228 valence electrons. The standard InChI is InChI=1S/C45H43N/c1-45(2,3)37-12-10-11-34(29-37)43-38-13-4-6-15-40(38)44(41-16-7-5-14-39(41)43)35-25-21-31-20-24-33(27-36(31)28-35)30-18-22-32(23-19-30)42-17-8-9-26-46-42/h4-20,22,24,26-28,32,37-38,40H,21,23,25,29H2,1-3H3. The number of rotatable bonds is 4. The summed E-state index contributed by atoms with van der Waals surface area (Å²) < 4.78 is 0. The van der Waals surface area contributed by atoms with Crippen molar-refractivity contribution in [3.05, 3.63) is 172 Å². The van der Waals surface area contributed by atoms with E-state index in [0.717, 1.165) is 31.4 Å². The average Bonchev–Trinajstić information content (AvgIpc) is 3.10. The summed E-state index contributed by atoms with van der Waals surface area (Å²) in [6, 6.07) is 22.6. The molecule has 1 nitrogen and oxygen atoms in total. The molecule has 5 aliphatic carbocycles. The summed E-state index contributed by atoms with van der Waals surface area (Å²) in [6.07, 6.45) is 32.3. The molecule has 4 atom stereocenters. The number of hydrogen-bond acceptors (Lipinski definition) is 1. The molecule has 1 heteroatoms. The molecular formula is C45H43N. The van der Waals surface area contributed by atoms with E-state index in [2.05, 4.69) is 147 Å². The van der Waals surface area contributed by atoms with E-state index in [1.807, 2.05) is 12.3 Å². The minimum absolute atomic E-state index is 0.243. The highest BCUT2D eigenvalue weighted by Gasteiger charge is 2.35. The Balaban J connectivity index is 1.20. The lowest BCUT2D eigenvalue weighted by atomic mass is 9.66. The first-order chi connectivity index (χ1) is 22.4. The predicted octanol–water partition coefficient (Wildman–Crippen LogP) is 9.46. The number of fused-ring (bicyclic) bond motifs is 3. The molecule has 2 aromatic carbocycles. The van der Waals surface area contributed by atoms with Gasteiger partial charge in [-0.3, -0.25) is 4.98 Å². The summed E-state index contributed by atoms with van der Waals surface area (Å²) in [5.74, 6) is 1.59. The Kier molecular flexibility index (Phi) is 7.36. The van der Waals surface area contributed by atoms with Crippen molar-refractivity contribution in [2.24, 2.45) is 23.2 Å². The fraction of sp³-hybridized carbons (Fsp3) is 0.267. The van der Waals surface area contributed by atoms with Crippen LogP contribution in [0.3, 0.4) is 0 Å². The van der Waals surface area contributed by atoms with Crippen LogP contribution in [0.15, 0.2) is 139 Å². The van der Waals surface area contributed by atoms with Gasteiger partial charge in [0.1, 0.15) is 0 Å². The van der Waals surface area contributed by atoms with Crippen molar-refractivity contribution >= 4 is 22.8 Å². The lowest BCUT2D eigenvalue weighted by molar-refractivity contribution is 0.290. The van der Waals surface area contributed by atoms with Crippen LogP contribution in [0.1, 0.15) is 68.3 Å². The van der Waals surface area contributed by atoms with E-state index in [0.29, 0.717) is 23.7 Å². The largest absolute Gasteiger partial charge is 0.261 e. The van der Waals surface area contributed by atoms with E-state index >= 15 is 0 Å². The van der Waals surface area contributed by atoms with Gasteiger partial charge in [0.2, 0.25) is 0 Å². The molecule has 0 N–H and O–H groups in total. The van der Waals surface area contributed by atoms with Crippen molar-refractivity contribution < 1.29 is 0 Å². The molecule has 1 aromatic heterocycles. The van der Waals surface area contributed by atoms with Gasteiger partial charge in [0.05, 0.1) is 0 Å². The Hall–Kier alpha value is -4.49. The Bertz CT molecular complexity index is 2030. The molecular weight excluding hydrogens is 555 g/mol. The van der Waals surface area contributed by atoms with E-state index in [-0.39, 0.29) is 5.41 Å². The van der Waals surface area contributed by atoms with Crippen molar-refractivity contribution in [2.45, 2.75) is 52.4 Å². The maximum atomic E-state index is 4.59. The van der Waals surface area contributed by atoms with Gasteiger partial charge in [-0.05, 0) is 110 Å². The van der Waals surface area contributed by atoms with Crippen molar-refractivity contribution in [2.75, 3.05) is 0 Å². The number of nitrogens with zero attached hydrogens (tertiary/aromatic N) is 1. The molecule has 0 saturated heterocycles.